The highest BCUT2D eigenvalue weighted by atomic mass is 28.4. The summed E-state index contributed by atoms with van der Waals surface area (Å²) in [5, 5.41) is 9.10. The minimum atomic E-state index is -4.51. The fourth-order valence-electron chi connectivity index (χ4n) is 6.07. The summed E-state index contributed by atoms with van der Waals surface area (Å²) >= 11 is 0. The first-order chi connectivity index (χ1) is 20.6. The molecular weight excluding hydrogens is 589 g/mol. The number of likely N-dealkylation sites (tertiary alicyclic amines) is 1. The summed E-state index contributed by atoms with van der Waals surface area (Å²) in [4.78, 5) is 27.0. The average molecular weight is 633 g/mol. The molecule has 4 atom stereocenters. The number of urea groups is 1. The minimum absolute atomic E-state index is 0.0109. The van der Waals surface area contributed by atoms with Crippen molar-refractivity contribution in [1.82, 2.24) is 15.5 Å². The van der Waals surface area contributed by atoms with E-state index in [0.29, 0.717) is 26.0 Å². The molecule has 5 rings (SSSR count). The SMILES string of the molecule is CC(C)(C)[Si](C)(C)O[C@@H]1CO[C@@H]2C[C@H]1Nc1ccc(CNC(=O)NCC(=O)N3CCC[C@@H]3c3ccccc3C(F)(F)F)cc12. The number of carbonyl (C=O) groups is 2. The Hall–Kier alpha value is -3.09. The highest BCUT2D eigenvalue weighted by molar-refractivity contribution is 6.74. The summed E-state index contributed by atoms with van der Waals surface area (Å²) in [6, 6.07) is 10.3. The molecule has 3 aliphatic rings. The van der Waals surface area contributed by atoms with Crippen LogP contribution in [0.4, 0.5) is 23.7 Å². The third-order valence-electron chi connectivity index (χ3n) is 9.49. The lowest BCUT2D eigenvalue weighted by Gasteiger charge is -2.47. The van der Waals surface area contributed by atoms with Gasteiger partial charge in [-0.25, -0.2) is 4.79 Å². The van der Waals surface area contributed by atoms with Crippen molar-refractivity contribution >= 4 is 25.9 Å². The van der Waals surface area contributed by atoms with E-state index in [1.807, 2.05) is 18.2 Å². The summed E-state index contributed by atoms with van der Waals surface area (Å²) in [5.41, 5.74) is 2.28. The van der Waals surface area contributed by atoms with Gasteiger partial charge in [-0.15, -0.1) is 0 Å². The molecule has 0 radical (unpaired) electrons. The number of carbonyl (C=O) groups excluding carboxylic acids is 2. The molecule has 0 aliphatic carbocycles. The summed E-state index contributed by atoms with van der Waals surface area (Å²) in [7, 11) is -1.95. The normalized spacial score (nSPS) is 23.5. The molecule has 12 heteroatoms. The Kier molecular flexibility index (Phi) is 9.08. The Morgan fingerprint density at radius 2 is 1.84 bits per heavy atom. The molecule has 0 saturated carbocycles. The van der Waals surface area contributed by atoms with Crippen molar-refractivity contribution in [2.75, 3.05) is 25.0 Å². The monoisotopic (exact) mass is 632 g/mol. The first-order valence-corrected chi connectivity index (χ1v) is 18.2. The van der Waals surface area contributed by atoms with Crippen molar-refractivity contribution in [2.24, 2.45) is 0 Å². The van der Waals surface area contributed by atoms with E-state index in [1.54, 1.807) is 6.07 Å². The number of ether oxygens (including phenoxy) is 1. The van der Waals surface area contributed by atoms with Crippen molar-refractivity contribution in [1.29, 1.82) is 0 Å². The van der Waals surface area contributed by atoms with E-state index >= 15 is 0 Å². The molecule has 2 aromatic rings. The van der Waals surface area contributed by atoms with E-state index in [9.17, 15) is 22.8 Å². The molecule has 2 bridgehead atoms. The van der Waals surface area contributed by atoms with Gasteiger partial charge >= 0.3 is 12.2 Å². The quantitative estimate of drug-likeness (QED) is 0.303. The van der Waals surface area contributed by atoms with Gasteiger partial charge < -0.3 is 30.0 Å². The lowest BCUT2D eigenvalue weighted by atomic mass is 9.89. The second-order valence-corrected chi connectivity index (χ2v) is 18.3. The summed E-state index contributed by atoms with van der Waals surface area (Å²) < 4.78 is 53.7. The van der Waals surface area contributed by atoms with Gasteiger partial charge in [0.25, 0.3) is 0 Å². The number of anilines is 1. The van der Waals surface area contributed by atoms with Crippen LogP contribution in [0.5, 0.6) is 0 Å². The molecule has 3 heterocycles. The number of nitrogens with zero attached hydrogens (tertiary/aromatic N) is 1. The van der Waals surface area contributed by atoms with Gasteiger partial charge in [0.2, 0.25) is 5.91 Å². The fourth-order valence-corrected chi connectivity index (χ4v) is 7.42. The van der Waals surface area contributed by atoms with Gasteiger partial charge in [-0.05, 0) is 60.3 Å². The van der Waals surface area contributed by atoms with Crippen molar-refractivity contribution in [2.45, 2.75) is 95.2 Å². The number of amides is 3. The maximum absolute atomic E-state index is 13.6. The second kappa shape index (κ2) is 12.4. The first-order valence-electron chi connectivity index (χ1n) is 15.3. The number of hydrogen-bond donors (Lipinski definition) is 3. The minimum Gasteiger partial charge on any atom is -0.409 e. The number of hydrogen-bond acceptors (Lipinski definition) is 5. The van der Waals surface area contributed by atoms with E-state index in [-0.39, 0.29) is 41.9 Å². The predicted molar refractivity (Wildman–Crippen MR) is 165 cm³/mol. The Labute approximate surface area is 258 Å². The summed E-state index contributed by atoms with van der Waals surface area (Å²) in [6.45, 7) is 12.0. The van der Waals surface area contributed by atoms with E-state index in [2.05, 4.69) is 49.8 Å². The number of fused-ring (bicyclic) bond motifs is 4. The zero-order valence-electron chi connectivity index (χ0n) is 26.0. The third-order valence-corrected chi connectivity index (χ3v) is 14.0. The molecule has 0 unspecified atom stereocenters. The van der Waals surface area contributed by atoms with Crippen molar-refractivity contribution in [3.05, 3.63) is 64.7 Å². The van der Waals surface area contributed by atoms with Gasteiger partial charge in [-0.1, -0.05) is 45.0 Å². The molecule has 44 heavy (non-hydrogen) atoms. The average Bonchev–Trinajstić information content (AvgIpc) is 3.45. The van der Waals surface area contributed by atoms with Crippen molar-refractivity contribution < 1.29 is 31.9 Å². The van der Waals surface area contributed by atoms with Gasteiger partial charge in [0.1, 0.15) is 0 Å². The van der Waals surface area contributed by atoms with Crippen LogP contribution in [0.25, 0.3) is 0 Å². The molecule has 3 N–H and O–H groups in total. The van der Waals surface area contributed by atoms with Gasteiger partial charge in [-0.2, -0.15) is 13.2 Å². The van der Waals surface area contributed by atoms with Crippen LogP contribution in [0.3, 0.4) is 0 Å². The summed E-state index contributed by atoms with van der Waals surface area (Å²) in [5.74, 6) is -0.417. The molecule has 0 spiro atoms. The molecule has 2 fully saturated rings. The van der Waals surface area contributed by atoms with Crippen LogP contribution in [0, 0.1) is 0 Å². The molecule has 3 amide bonds. The maximum atomic E-state index is 13.6. The number of alkyl halides is 3. The first kappa shape index (κ1) is 32.3. The molecular formula is C32H43F3N4O4Si. The lowest BCUT2D eigenvalue weighted by molar-refractivity contribution is -0.140. The highest BCUT2D eigenvalue weighted by Gasteiger charge is 2.45. The topological polar surface area (TPSA) is 91.9 Å². The van der Waals surface area contributed by atoms with E-state index in [4.69, 9.17) is 9.16 Å². The highest BCUT2D eigenvalue weighted by Crippen LogP contribution is 2.44. The largest absolute Gasteiger partial charge is 0.416 e. The lowest BCUT2D eigenvalue weighted by Crippen LogP contribution is -2.54. The molecule has 0 aromatic heterocycles. The Bertz CT molecular complexity index is 1380. The Morgan fingerprint density at radius 3 is 2.57 bits per heavy atom. The van der Waals surface area contributed by atoms with Crippen LogP contribution in [0.1, 0.15) is 74.4 Å². The van der Waals surface area contributed by atoms with E-state index in [1.165, 1.54) is 17.0 Å². The number of halogens is 3. The van der Waals surface area contributed by atoms with Crippen LogP contribution >= 0.6 is 0 Å². The number of benzene rings is 2. The molecule has 240 valence electrons. The van der Waals surface area contributed by atoms with Gasteiger partial charge in [-0.3, -0.25) is 4.79 Å². The van der Waals surface area contributed by atoms with Crippen molar-refractivity contribution in [3.8, 4) is 0 Å². The smallest absolute Gasteiger partial charge is 0.409 e. The Morgan fingerprint density at radius 1 is 1.09 bits per heavy atom. The van der Waals surface area contributed by atoms with Crippen LogP contribution in [0.2, 0.25) is 18.1 Å². The predicted octanol–water partition coefficient (Wildman–Crippen LogP) is 6.51. The zero-order chi connectivity index (χ0) is 31.9. The molecule has 8 nitrogen and oxygen atoms in total. The van der Waals surface area contributed by atoms with Gasteiger partial charge in [0.15, 0.2) is 8.32 Å². The molecule has 3 aliphatic heterocycles. The van der Waals surface area contributed by atoms with Crippen molar-refractivity contribution in [3.63, 3.8) is 0 Å². The van der Waals surface area contributed by atoms with Crippen LogP contribution < -0.4 is 16.0 Å². The fraction of sp³-hybridized carbons (Fsp3) is 0.562. The number of nitrogens with one attached hydrogen (secondary N) is 3. The standard InChI is InChI=1S/C32H43F3N4O4Si/c1-31(2,3)44(4,5)43-28-19-42-27-16-25(28)38-24-13-12-20(15-22(24)27)17-36-30(41)37-18-29(40)39-14-8-11-26(39)21-9-6-7-10-23(21)32(33,34)35/h6-7,9-10,12-13,15,25-28,38H,8,11,14,16-19H2,1-5H3,(H2,36,37,41)/t25-,26-,27-,28-/m1/s1. The van der Waals surface area contributed by atoms with Crippen LogP contribution in [-0.4, -0.2) is 57.0 Å². The molecule has 2 aromatic carbocycles. The Balaban J connectivity index is 1.14. The van der Waals surface area contributed by atoms with Crippen LogP contribution in [0.15, 0.2) is 42.5 Å². The summed E-state index contributed by atoms with van der Waals surface area (Å²) in [6.07, 6.45) is -2.74. The van der Waals surface area contributed by atoms with Gasteiger partial charge in [0, 0.05) is 30.8 Å². The zero-order valence-corrected chi connectivity index (χ0v) is 27.0. The molecule has 2 saturated heterocycles. The van der Waals surface area contributed by atoms with E-state index < -0.39 is 38.0 Å². The van der Waals surface area contributed by atoms with Crippen LogP contribution in [-0.2, 0) is 26.7 Å². The van der Waals surface area contributed by atoms with E-state index in [0.717, 1.165) is 29.3 Å². The third kappa shape index (κ3) is 6.92. The second-order valence-electron chi connectivity index (χ2n) is 13.5. The van der Waals surface area contributed by atoms with Gasteiger partial charge in [0.05, 0.1) is 43.0 Å². The maximum Gasteiger partial charge on any atom is 0.416 e. The number of rotatable bonds is 7.